The molecule has 0 radical (unpaired) electrons. The summed E-state index contributed by atoms with van der Waals surface area (Å²) in [5.74, 6) is 0. The van der Waals surface area contributed by atoms with Crippen molar-refractivity contribution in [2.75, 3.05) is 20.3 Å². The van der Waals surface area contributed by atoms with Crippen molar-refractivity contribution in [2.24, 2.45) is 0 Å². The maximum atomic E-state index is 11.4. The lowest BCUT2D eigenvalue weighted by molar-refractivity contribution is -0.0439. The Labute approximate surface area is 77.4 Å². The molecule has 0 bridgehead atoms. The van der Waals surface area contributed by atoms with Crippen molar-refractivity contribution < 1.29 is 25.9 Å². The molecule has 0 aromatic heterocycles. The molecule has 0 N–H and O–H groups in total. The average Bonchev–Trinajstić information content (AvgIpc) is 2.05. The maximum absolute atomic E-state index is 11.4. The minimum atomic E-state index is -3.97. The Balaban J connectivity index is 3.61. The molecule has 5 nitrogen and oxygen atoms in total. The van der Waals surface area contributed by atoms with Gasteiger partial charge in [-0.15, -0.1) is 0 Å². The molecule has 0 spiro atoms. The largest absolute Gasteiger partial charge is 0.515 e. The molecule has 0 rings (SSSR count). The first-order valence-corrected chi connectivity index (χ1v) is 4.87. The molecule has 0 aliphatic rings. The van der Waals surface area contributed by atoms with E-state index in [0.717, 1.165) is 0 Å². The summed E-state index contributed by atoms with van der Waals surface area (Å²) >= 11 is 1.22. The molecule has 0 saturated carbocycles. The number of rotatable bonds is 6. The van der Waals surface area contributed by atoms with E-state index in [0.29, 0.717) is 0 Å². The normalized spacial score (nSPS) is 16.3. The summed E-state index contributed by atoms with van der Waals surface area (Å²) in [4.78, 5) is 0. The van der Waals surface area contributed by atoms with Crippen LogP contribution in [-0.2, 0) is 21.4 Å². The van der Waals surface area contributed by atoms with E-state index >= 15 is 0 Å². The van der Waals surface area contributed by atoms with Gasteiger partial charge in [-0.25, -0.2) is 7.42 Å². The van der Waals surface area contributed by atoms with Crippen LogP contribution in [0, 0.1) is 0 Å². The second-order valence-corrected chi connectivity index (χ2v) is 4.02. The monoisotopic (exact) mass is 300 g/mol. The maximum Gasteiger partial charge on any atom is 0.515 e. The van der Waals surface area contributed by atoms with E-state index in [1.165, 1.54) is 30.1 Å². The first-order valence-electron chi connectivity index (χ1n) is 2.52. The fourth-order valence-electron chi connectivity index (χ4n) is 0.283. The number of methoxy groups -OCH3 is 1. The fraction of sp³-hybridized carbons (Fsp3) is 1.00. The summed E-state index contributed by atoms with van der Waals surface area (Å²) in [6.07, 6.45) is 0. The van der Waals surface area contributed by atoms with E-state index < -0.39 is 7.82 Å². The Morgan fingerprint density at radius 1 is 1.55 bits per heavy atom. The zero-order chi connectivity index (χ0) is 8.74. The molecular formula is C3H7FIO5P. The average molecular weight is 300 g/mol. The highest BCUT2D eigenvalue weighted by molar-refractivity contribution is 14.1. The molecule has 0 heterocycles. The molecule has 0 fully saturated rings. The summed E-state index contributed by atoms with van der Waals surface area (Å²) in [5, 5.41) is 0. The number of hydrogen-bond acceptors (Lipinski definition) is 5. The van der Waals surface area contributed by atoms with Crippen LogP contribution in [0.1, 0.15) is 0 Å². The highest BCUT2D eigenvalue weighted by Crippen LogP contribution is 2.51. The SMILES string of the molecule is COCCOP(=O)(OF)OI. The number of hydrogen-bond donors (Lipinski definition) is 0. The molecule has 0 aromatic rings. The first kappa shape index (κ1) is 11.7. The first-order chi connectivity index (χ1) is 5.18. The van der Waals surface area contributed by atoms with Gasteiger partial charge < -0.3 is 4.74 Å². The van der Waals surface area contributed by atoms with Gasteiger partial charge in [0.05, 0.1) is 13.2 Å². The topological polar surface area (TPSA) is 54.0 Å². The van der Waals surface area contributed by atoms with Crippen LogP contribution in [-0.4, -0.2) is 20.3 Å². The molecule has 0 amide bonds. The van der Waals surface area contributed by atoms with Crippen molar-refractivity contribution in [1.82, 2.24) is 0 Å². The van der Waals surface area contributed by atoms with E-state index in [4.69, 9.17) is 0 Å². The predicted octanol–water partition coefficient (Wildman–Crippen LogP) is 2.03. The Bertz CT molecular complexity index is 136. The third kappa shape index (κ3) is 5.05. The van der Waals surface area contributed by atoms with E-state index in [2.05, 4.69) is 16.8 Å². The zero-order valence-electron chi connectivity index (χ0n) is 5.66. The summed E-state index contributed by atoms with van der Waals surface area (Å²) < 4.78 is 38.1. The number of halogens is 2. The van der Waals surface area contributed by atoms with Crippen molar-refractivity contribution in [3.8, 4) is 0 Å². The molecule has 0 aliphatic carbocycles. The Morgan fingerprint density at radius 2 is 2.18 bits per heavy atom. The fourth-order valence-corrected chi connectivity index (χ4v) is 1.21. The van der Waals surface area contributed by atoms with Crippen LogP contribution >= 0.6 is 30.8 Å². The Hall–Kier alpha value is 0.730. The molecule has 0 saturated heterocycles. The van der Waals surface area contributed by atoms with Crippen LogP contribution in [0.3, 0.4) is 0 Å². The second kappa shape index (κ2) is 6.27. The molecule has 0 aliphatic heterocycles. The van der Waals surface area contributed by atoms with Gasteiger partial charge in [0.15, 0.2) is 0 Å². The minimum Gasteiger partial charge on any atom is -0.382 e. The van der Waals surface area contributed by atoms with Gasteiger partial charge in [-0.05, 0) is 4.53 Å². The third-order valence-electron chi connectivity index (χ3n) is 0.706. The summed E-state index contributed by atoms with van der Waals surface area (Å²) in [6, 6.07) is 0. The van der Waals surface area contributed by atoms with Crippen molar-refractivity contribution in [1.29, 1.82) is 0 Å². The van der Waals surface area contributed by atoms with Gasteiger partial charge in [0.1, 0.15) is 23.0 Å². The van der Waals surface area contributed by atoms with Crippen LogP contribution in [0.4, 0.5) is 4.53 Å². The standard InChI is InChI=1S/C3H7FIO5P/c1-7-2-3-8-11(6,9-4)10-5/h2-3H2,1H3. The van der Waals surface area contributed by atoms with Gasteiger partial charge in [-0.1, -0.05) is 4.73 Å². The van der Waals surface area contributed by atoms with E-state index in [1.807, 2.05) is 0 Å². The summed E-state index contributed by atoms with van der Waals surface area (Å²) in [7, 11) is -2.54. The lowest BCUT2D eigenvalue weighted by atomic mass is 10.8. The molecule has 1 unspecified atom stereocenters. The summed E-state index contributed by atoms with van der Waals surface area (Å²) in [5.41, 5.74) is 0. The molecule has 8 heteroatoms. The van der Waals surface area contributed by atoms with Crippen molar-refractivity contribution in [2.45, 2.75) is 0 Å². The zero-order valence-corrected chi connectivity index (χ0v) is 8.71. The van der Waals surface area contributed by atoms with Gasteiger partial charge in [-0.3, -0.25) is 4.52 Å². The van der Waals surface area contributed by atoms with Crippen LogP contribution in [0.25, 0.3) is 0 Å². The van der Waals surface area contributed by atoms with Gasteiger partial charge in [0, 0.05) is 7.11 Å². The van der Waals surface area contributed by atoms with E-state index in [-0.39, 0.29) is 13.2 Å². The highest BCUT2D eigenvalue weighted by atomic mass is 127. The third-order valence-corrected chi connectivity index (χ3v) is 2.99. The minimum absolute atomic E-state index is 0.0549. The van der Waals surface area contributed by atoms with E-state index in [9.17, 15) is 9.09 Å². The van der Waals surface area contributed by atoms with Gasteiger partial charge in [0.2, 0.25) is 0 Å². The molecule has 0 aromatic carbocycles. The lowest BCUT2D eigenvalue weighted by Gasteiger charge is -2.07. The molecule has 11 heavy (non-hydrogen) atoms. The smallest absolute Gasteiger partial charge is 0.382 e. The molecule has 1 atom stereocenters. The van der Waals surface area contributed by atoms with Gasteiger partial charge in [0.25, 0.3) is 0 Å². The molecule has 68 valence electrons. The predicted molar refractivity (Wildman–Crippen MR) is 42.7 cm³/mol. The number of phosphoric acid groups is 1. The lowest BCUT2D eigenvalue weighted by Crippen LogP contribution is -2.00. The second-order valence-electron chi connectivity index (χ2n) is 1.41. The van der Waals surface area contributed by atoms with Crippen molar-refractivity contribution in [3.05, 3.63) is 0 Å². The molecular weight excluding hydrogens is 293 g/mol. The summed E-state index contributed by atoms with van der Waals surface area (Å²) in [6.45, 7) is 0.133. The van der Waals surface area contributed by atoms with Crippen LogP contribution in [0.5, 0.6) is 0 Å². The van der Waals surface area contributed by atoms with E-state index in [1.54, 1.807) is 0 Å². The number of ether oxygens (including phenoxy) is 1. The van der Waals surface area contributed by atoms with Gasteiger partial charge >= 0.3 is 7.82 Å². The van der Waals surface area contributed by atoms with Crippen molar-refractivity contribution >= 4 is 30.8 Å². The van der Waals surface area contributed by atoms with Crippen LogP contribution in [0.2, 0.25) is 0 Å². The Morgan fingerprint density at radius 3 is 2.55 bits per heavy atom. The van der Waals surface area contributed by atoms with Gasteiger partial charge in [-0.2, -0.15) is 0 Å². The van der Waals surface area contributed by atoms with Crippen molar-refractivity contribution in [3.63, 3.8) is 0 Å². The quantitative estimate of drug-likeness (QED) is 0.427. The Kier molecular flexibility index (Phi) is 6.68. The highest BCUT2D eigenvalue weighted by Gasteiger charge is 2.26. The van der Waals surface area contributed by atoms with Crippen LogP contribution < -0.4 is 0 Å². The van der Waals surface area contributed by atoms with Crippen LogP contribution in [0.15, 0.2) is 0 Å².